The SMILES string of the molecule is N#CNC(=Nc1cc(Cl)cc(N=[N+]=[N-])c1)Oc1ccccc1. The molecule has 0 aliphatic rings. The van der Waals surface area contributed by atoms with Crippen LogP contribution in [0.25, 0.3) is 10.4 Å². The van der Waals surface area contributed by atoms with E-state index in [2.05, 4.69) is 20.3 Å². The van der Waals surface area contributed by atoms with E-state index < -0.39 is 0 Å². The third-order valence-corrected chi connectivity index (χ3v) is 2.60. The zero-order chi connectivity index (χ0) is 15.8. The van der Waals surface area contributed by atoms with Crippen LogP contribution in [0.2, 0.25) is 5.02 Å². The van der Waals surface area contributed by atoms with Gasteiger partial charge < -0.3 is 4.74 Å². The average molecular weight is 313 g/mol. The number of benzene rings is 2. The first kappa shape index (κ1) is 15.2. The van der Waals surface area contributed by atoms with Gasteiger partial charge in [0.1, 0.15) is 5.75 Å². The van der Waals surface area contributed by atoms with E-state index in [0.29, 0.717) is 22.1 Å². The van der Waals surface area contributed by atoms with Gasteiger partial charge in [0.25, 0.3) is 0 Å². The molecule has 0 fully saturated rings. The monoisotopic (exact) mass is 312 g/mol. The van der Waals surface area contributed by atoms with E-state index in [1.54, 1.807) is 36.5 Å². The number of rotatable bonds is 3. The molecule has 2 aromatic rings. The molecular formula is C14H9ClN6O. The fraction of sp³-hybridized carbons (Fsp3) is 0. The van der Waals surface area contributed by atoms with Crippen LogP contribution >= 0.6 is 11.6 Å². The predicted molar refractivity (Wildman–Crippen MR) is 83.2 cm³/mol. The smallest absolute Gasteiger partial charge is 0.309 e. The Balaban J connectivity index is 2.33. The maximum absolute atomic E-state index is 8.77. The first-order valence-corrected chi connectivity index (χ1v) is 6.41. The first-order valence-electron chi connectivity index (χ1n) is 6.03. The molecule has 0 aliphatic carbocycles. The van der Waals surface area contributed by atoms with Crippen molar-refractivity contribution in [3.8, 4) is 11.9 Å². The highest BCUT2D eigenvalue weighted by molar-refractivity contribution is 6.31. The molecule has 0 bridgehead atoms. The Kier molecular flexibility index (Phi) is 5.21. The van der Waals surface area contributed by atoms with E-state index >= 15 is 0 Å². The summed E-state index contributed by atoms with van der Waals surface area (Å²) in [6.07, 6.45) is 1.74. The van der Waals surface area contributed by atoms with Crippen LogP contribution in [0.5, 0.6) is 5.75 Å². The highest BCUT2D eigenvalue weighted by Crippen LogP contribution is 2.27. The summed E-state index contributed by atoms with van der Waals surface area (Å²) in [6.45, 7) is 0. The molecule has 0 saturated heterocycles. The van der Waals surface area contributed by atoms with Crippen molar-refractivity contribution in [2.75, 3.05) is 0 Å². The summed E-state index contributed by atoms with van der Waals surface area (Å²) in [5.74, 6) is 0.515. The van der Waals surface area contributed by atoms with Crippen LogP contribution in [-0.4, -0.2) is 6.02 Å². The Morgan fingerprint density at radius 1 is 1.23 bits per heavy atom. The molecule has 7 nitrogen and oxygen atoms in total. The Hall–Kier alpha value is -3.20. The predicted octanol–water partition coefficient (Wildman–Crippen LogP) is 4.42. The number of aliphatic imine (C=N–C) groups is 1. The van der Waals surface area contributed by atoms with Gasteiger partial charge in [0.15, 0.2) is 6.19 Å². The second-order valence-electron chi connectivity index (χ2n) is 3.93. The number of azide groups is 1. The van der Waals surface area contributed by atoms with Gasteiger partial charge >= 0.3 is 6.02 Å². The summed E-state index contributed by atoms with van der Waals surface area (Å²) < 4.78 is 5.47. The van der Waals surface area contributed by atoms with Gasteiger partial charge in [0, 0.05) is 15.6 Å². The summed E-state index contributed by atoms with van der Waals surface area (Å²) in [4.78, 5) is 6.83. The second-order valence-corrected chi connectivity index (χ2v) is 4.36. The lowest BCUT2D eigenvalue weighted by Crippen LogP contribution is -2.23. The van der Waals surface area contributed by atoms with Crippen LogP contribution in [0.3, 0.4) is 0 Å². The van der Waals surface area contributed by atoms with Gasteiger partial charge in [-0.15, -0.1) is 0 Å². The molecule has 0 radical (unpaired) electrons. The molecule has 0 spiro atoms. The van der Waals surface area contributed by atoms with Crippen LogP contribution in [0.15, 0.2) is 58.6 Å². The standard InChI is InChI=1S/C14H9ClN6O/c15-10-6-11(8-12(7-10)20-21-17)19-14(18-9-16)22-13-4-2-1-3-5-13/h1-8H,(H,18,19). The van der Waals surface area contributed by atoms with Crippen LogP contribution < -0.4 is 10.1 Å². The number of nitrogens with one attached hydrogen (secondary N) is 1. The fourth-order valence-electron chi connectivity index (χ4n) is 1.57. The van der Waals surface area contributed by atoms with Crippen LogP contribution in [0, 0.1) is 11.5 Å². The van der Waals surface area contributed by atoms with Crippen molar-refractivity contribution in [1.29, 1.82) is 5.26 Å². The van der Waals surface area contributed by atoms with Gasteiger partial charge in [-0.25, -0.2) is 5.32 Å². The van der Waals surface area contributed by atoms with Crippen molar-refractivity contribution < 1.29 is 4.74 Å². The van der Waals surface area contributed by atoms with E-state index in [1.807, 2.05) is 6.07 Å². The lowest BCUT2D eigenvalue weighted by atomic mass is 10.3. The quantitative estimate of drug-likeness (QED) is 0.172. The highest BCUT2D eigenvalue weighted by atomic mass is 35.5. The Morgan fingerprint density at radius 2 is 1.95 bits per heavy atom. The molecule has 0 saturated carbocycles. The van der Waals surface area contributed by atoms with Crippen molar-refractivity contribution in [3.05, 3.63) is 64.0 Å². The van der Waals surface area contributed by atoms with Gasteiger partial charge in [-0.1, -0.05) is 34.9 Å². The molecule has 0 unspecified atom stereocenters. The van der Waals surface area contributed by atoms with Gasteiger partial charge in [-0.05, 0) is 35.9 Å². The molecule has 0 atom stereocenters. The number of nitrogens with zero attached hydrogens (tertiary/aromatic N) is 5. The molecule has 0 heterocycles. The maximum atomic E-state index is 8.77. The first-order chi connectivity index (χ1) is 10.7. The number of hydrogen-bond donors (Lipinski definition) is 1. The minimum atomic E-state index is -0.0251. The largest absolute Gasteiger partial charge is 0.425 e. The molecule has 108 valence electrons. The van der Waals surface area contributed by atoms with E-state index in [1.165, 1.54) is 12.1 Å². The van der Waals surface area contributed by atoms with Gasteiger partial charge in [-0.3, -0.25) is 0 Å². The minimum Gasteiger partial charge on any atom is -0.425 e. The number of ether oxygens (including phenoxy) is 1. The number of hydrogen-bond acceptors (Lipinski definition) is 4. The molecule has 0 aromatic heterocycles. The molecule has 2 rings (SSSR count). The molecule has 8 heteroatoms. The molecule has 0 aliphatic heterocycles. The third-order valence-electron chi connectivity index (χ3n) is 2.38. The van der Waals surface area contributed by atoms with Crippen LogP contribution in [0.4, 0.5) is 11.4 Å². The number of nitriles is 1. The molecule has 1 N–H and O–H groups in total. The molecule has 22 heavy (non-hydrogen) atoms. The summed E-state index contributed by atoms with van der Waals surface area (Å²) in [7, 11) is 0. The Labute approximate surface area is 131 Å². The highest BCUT2D eigenvalue weighted by Gasteiger charge is 2.04. The Bertz CT molecular complexity index is 778. The van der Waals surface area contributed by atoms with E-state index in [0.717, 1.165) is 0 Å². The van der Waals surface area contributed by atoms with Gasteiger partial charge in [-0.2, -0.15) is 10.3 Å². The number of para-hydroxylation sites is 1. The normalized spacial score (nSPS) is 10.3. The summed E-state index contributed by atoms with van der Waals surface area (Å²) >= 11 is 5.93. The van der Waals surface area contributed by atoms with Crippen molar-refractivity contribution in [2.45, 2.75) is 0 Å². The average Bonchev–Trinajstić information content (AvgIpc) is 2.48. The maximum Gasteiger partial charge on any atom is 0.309 e. The molecule has 0 amide bonds. The third kappa shape index (κ3) is 4.42. The van der Waals surface area contributed by atoms with Crippen molar-refractivity contribution >= 4 is 29.0 Å². The molecular weight excluding hydrogens is 304 g/mol. The number of halogens is 1. The van der Waals surface area contributed by atoms with E-state index in [4.69, 9.17) is 27.1 Å². The van der Waals surface area contributed by atoms with Gasteiger partial charge in [0.05, 0.1) is 5.69 Å². The Morgan fingerprint density at radius 3 is 2.64 bits per heavy atom. The van der Waals surface area contributed by atoms with E-state index in [-0.39, 0.29) is 6.02 Å². The van der Waals surface area contributed by atoms with Crippen LogP contribution in [0.1, 0.15) is 0 Å². The molecule has 2 aromatic carbocycles. The second kappa shape index (κ2) is 7.55. The fourth-order valence-corrected chi connectivity index (χ4v) is 1.80. The lowest BCUT2D eigenvalue weighted by Gasteiger charge is -2.07. The summed E-state index contributed by atoms with van der Waals surface area (Å²) in [5.41, 5.74) is 9.15. The van der Waals surface area contributed by atoms with Crippen molar-refractivity contribution in [1.82, 2.24) is 5.32 Å². The zero-order valence-electron chi connectivity index (χ0n) is 11.1. The minimum absolute atomic E-state index is 0.0251. The van der Waals surface area contributed by atoms with Crippen molar-refractivity contribution in [2.24, 2.45) is 10.1 Å². The van der Waals surface area contributed by atoms with Gasteiger partial charge in [0.2, 0.25) is 0 Å². The van der Waals surface area contributed by atoms with Crippen molar-refractivity contribution in [3.63, 3.8) is 0 Å². The zero-order valence-corrected chi connectivity index (χ0v) is 11.9. The van der Waals surface area contributed by atoms with Crippen LogP contribution in [-0.2, 0) is 0 Å². The van der Waals surface area contributed by atoms with E-state index in [9.17, 15) is 0 Å². The summed E-state index contributed by atoms with van der Waals surface area (Å²) in [6, 6.07) is 13.4. The summed E-state index contributed by atoms with van der Waals surface area (Å²) in [5, 5.41) is 14.9. The lowest BCUT2D eigenvalue weighted by molar-refractivity contribution is 0.531. The number of amidine groups is 1. The topological polar surface area (TPSA) is 106 Å².